The molecule has 0 aliphatic carbocycles. The molecule has 234 valence electrons. The molecule has 10 heteroatoms. The maximum absolute atomic E-state index is 14.4. The Bertz CT molecular complexity index is 1910. The number of benzene rings is 2. The monoisotopic (exact) mass is 634 g/mol. The van der Waals surface area contributed by atoms with E-state index in [-0.39, 0.29) is 24.2 Å². The van der Waals surface area contributed by atoms with Crippen LogP contribution in [0.15, 0.2) is 85.5 Å². The number of likely N-dealkylation sites (tertiary alicyclic amines) is 1. The van der Waals surface area contributed by atoms with Gasteiger partial charge >= 0.3 is 0 Å². The minimum Gasteiger partial charge on any atom is -0.618 e. The van der Waals surface area contributed by atoms with Crippen LogP contribution in [0.4, 0.5) is 0 Å². The summed E-state index contributed by atoms with van der Waals surface area (Å²) < 4.78 is 0.979. The first-order chi connectivity index (χ1) is 22.3. The van der Waals surface area contributed by atoms with Gasteiger partial charge < -0.3 is 15.0 Å². The molecule has 0 radical (unpaired) electrons. The smallest absolute Gasteiger partial charge is 0.229 e. The number of hydrogen-bond acceptors (Lipinski definition) is 5. The Hall–Kier alpha value is -4.76. The van der Waals surface area contributed by atoms with Gasteiger partial charge in [0.05, 0.1) is 22.2 Å². The lowest BCUT2D eigenvalue weighted by atomic mass is 9.78. The summed E-state index contributed by atoms with van der Waals surface area (Å²) >= 11 is 6.65. The molecule has 7 rings (SSSR count). The number of aromatic nitrogens is 4. The molecule has 3 aromatic heterocycles. The number of amides is 2. The molecule has 2 aliphatic rings. The summed E-state index contributed by atoms with van der Waals surface area (Å²) in [5.74, 6) is -0.0577. The molecule has 1 atom stereocenters. The third kappa shape index (κ3) is 5.71. The van der Waals surface area contributed by atoms with E-state index in [0.717, 1.165) is 49.1 Å². The van der Waals surface area contributed by atoms with Crippen LogP contribution in [0.1, 0.15) is 54.5 Å². The van der Waals surface area contributed by atoms with E-state index in [1.54, 1.807) is 24.8 Å². The van der Waals surface area contributed by atoms with Gasteiger partial charge in [0, 0.05) is 67.9 Å². The minimum atomic E-state index is -0.974. The molecule has 0 saturated carbocycles. The van der Waals surface area contributed by atoms with Crippen molar-refractivity contribution >= 4 is 34.3 Å². The predicted octanol–water partition coefficient (Wildman–Crippen LogP) is 5.80. The first kappa shape index (κ1) is 29.9. The fourth-order valence-electron chi connectivity index (χ4n) is 7.12. The summed E-state index contributed by atoms with van der Waals surface area (Å²) in [5, 5.41) is 21.7. The third-order valence-corrected chi connectivity index (χ3v) is 9.90. The number of halogens is 1. The fourth-order valence-corrected chi connectivity index (χ4v) is 7.40. The second-order valence-electron chi connectivity index (χ2n) is 12.8. The Morgan fingerprint density at radius 1 is 1.09 bits per heavy atom. The highest BCUT2D eigenvalue weighted by Gasteiger charge is 2.43. The van der Waals surface area contributed by atoms with Crippen molar-refractivity contribution in [2.75, 3.05) is 13.1 Å². The molecule has 2 aliphatic heterocycles. The van der Waals surface area contributed by atoms with Gasteiger partial charge in [-0.1, -0.05) is 41.9 Å². The zero-order valence-electron chi connectivity index (χ0n) is 25.7. The topological polar surface area (TPSA) is 109 Å². The van der Waals surface area contributed by atoms with Crippen LogP contribution in [0.5, 0.6) is 0 Å². The second kappa shape index (κ2) is 12.2. The van der Waals surface area contributed by atoms with Gasteiger partial charge in [0.2, 0.25) is 11.8 Å². The van der Waals surface area contributed by atoms with Crippen molar-refractivity contribution in [2.45, 2.75) is 51.6 Å². The molecule has 5 aromatic rings. The van der Waals surface area contributed by atoms with Crippen LogP contribution in [0, 0.1) is 10.6 Å². The Morgan fingerprint density at radius 2 is 1.85 bits per heavy atom. The number of nitrogens with one attached hydrogen (secondary N) is 1. The van der Waals surface area contributed by atoms with Crippen molar-refractivity contribution in [2.24, 2.45) is 5.41 Å². The van der Waals surface area contributed by atoms with Gasteiger partial charge in [0.25, 0.3) is 0 Å². The number of nitrogens with zero attached hydrogens (tertiary/aromatic N) is 5. The van der Waals surface area contributed by atoms with Crippen molar-refractivity contribution in [1.29, 1.82) is 0 Å². The lowest BCUT2D eigenvalue weighted by Crippen LogP contribution is -2.46. The quantitative estimate of drug-likeness (QED) is 0.188. The summed E-state index contributed by atoms with van der Waals surface area (Å²) in [6.45, 7) is 3.75. The van der Waals surface area contributed by atoms with E-state index in [9.17, 15) is 14.8 Å². The van der Waals surface area contributed by atoms with Crippen molar-refractivity contribution in [1.82, 2.24) is 25.0 Å². The average molecular weight is 635 g/mol. The van der Waals surface area contributed by atoms with E-state index in [1.165, 1.54) is 0 Å². The van der Waals surface area contributed by atoms with E-state index in [0.29, 0.717) is 50.5 Å². The number of H-pyrrole nitrogens is 1. The number of piperidine rings is 1. The zero-order chi connectivity index (χ0) is 31.8. The molecule has 0 bridgehead atoms. The molecule has 46 heavy (non-hydrogen) atoms. The number of hydrogen-bond donors (Lipinski definition) is 1. The minimum absolute atomic E-state index is 0.0495. The van der Waals surface area contributed by atoms with Gasteiger partial charge in [0.15, 0.2) is 11.9 Å². The van der Waals surface area contributed by atoms with Crippen molar-refractivity contribution < 1.29 is 14.3 Å². The lowest BCUT2D eigenvalue weighted by molar-refractivity contribution is -0.615. The average Bonchev–Trinajstić information content (AvgIpc) is 3.54. The number of pyridine rings is 2. The molecular formula is C36H35ClN6O3. The number of aromatic amines is 1. The summed E-state index contributed by atoms with van der Waals surface area (Å²) in [5.41, 5.74) is 5.29. The largest absolute Gasteiger partial charge is 0.618 e. The Labute approximate surface area is 272 Å². The highest BCUT2D eigenvalue weighted by atomic mass is 35.5. The summed E-state index contributed by atoms with van der Waals surface area (Å²) in [4.78, 5) is 36.1. The Balaban J connectivity index is 1.10. The lowest BCUT2D eigenvalue weighted by Gasteiger charge is -2.36. The summed E-state index contributed by atoms with van der Waals surface area (Å²) in [6, 6.07) is 19.5. The van der Waals surface area contributed by atoms with E-state index in [1.807, 2.05) is 77.4 Å². The number of carbonyl (C=O) groups is 2. The van der Waals surface area contributed by atoms with Gasteiger partial charge in [0.1, 0.15) is 0 Å². The molecular weight excluding hydrogens is 600 g/mol. The number of rotatable bonds is 6. The van der Waals surface area contributed by atoms with Gasteiger partial charge in [-0.3, -0.25) is 19.7 Å². The van der Waals surface area contributed by atoms with Crippen molar-refractivity contribution in [3.63, 3.8) is 0 Å². The summed E-state index contributed by atoms with van der Waals surface area (Å²) in [7, 11) is 0. The SMILES string of the molecule is C[C@]1(CC(=O)N2CCC(c3ccc(-c4ccccc4)c[n+]3[O-])CC2)Cc2cc(Cl)c3[nH]ncc3c2CN(Cc2ccncc2)C1=O. The molecule has 0 spiro atoms. The molecule has 5 heterocycles. The molecule has 1 fully saturated rings. The van der Waals surface area contributed by atoms with Crippen molar-refractivity contribution in [3.8, 4) is 11.1 Å². The number of carbonyl (C=O) groups excluding carboxylic acids is 2. The predicted molar refractivity (Wildman–Crippen MR) is 175 cm³/mol. The summed E-state index contributed by atoms with van der Waals surface area (Å²) in [6.07, 6.45) is 8.69. The van der Waals surface area contributed by atoms with Crippen LogP contribution in [-0.2, 0) is 29.1 Å². The van der Waals surface area contributed by atoms with E-state index in [2.05, 4.69) is 15.2 Å². The molecule has 1 saturated heterocycles. The van der Waals surface area contributed by atoms with Gasteiger partial charge in [-0.05, 0) is 72.7 Å². The standard InChI is InChI=1S/C36H35ClN6O3/c1-36(19-33(44)41-15-11-26(12-16-41)32-8-7-27(22-43(32)46)25-5-3-2-4-6-25)18-28-17-31(37)34-29(20-39-40-34)30(28)23-42(35(36)45)21-24-9-13-38-14-10-24/h2-10,13-14,17,20,22,26H,11-12,15-16,18-19,21,23H2,1H3,(H,39,40)/t36-/m1/s1. The highest BCUT2D eigenvalue weighted by molar-refractivity contribution is 6.35. The molecule has 0 unspecified atom stereocenters. The molecule has 2 amide bonds. The first-order valence-corrected chi connectivity index (χ1v) is 16.0. The second-order valence-corrected chi connectivity index (χ2v) is 13.2. The van der Waals surface area contributed by atoms with E-state index in [4.69, 9.17) is 11.6 Å². The maximum Gasteiger partial charge on any atom is 0.229 e. The maximum atomic E-state index is 14.4. The molecule has 2 aromatic carbocycles. The Morgan fingerprint density at radius 3 is 2.59 bits per heavy atom. The zero-order valence-corrected chi connectivity index (χ0v) is 26.4. The van der Waals surface area contributed by atoms with E-state index >= 15 is 0 Å². The molecule has 1 N–H and O–H groups in total. The number of fused-ring (bicyclic) bond motifs is 3. The van der Waals surface area contributed by atoms with Crippen LogP contribution in [0.2, 0.25) is 5.02 Å². The first-order valence-electron chi connectivity index (χ1n) is 15.7. The van der Waals surface area contributed by atoms with Crippen LogP contribution >= 0.6 is 11.6 Å². The van der Waals surface area contributed by atoms with Gasteiger partial charge in [-0.25, -0.2) is 0 Å². The fraction of sp³-hybridized carbons (Fsp3) is 0.306. The van der Waals surface area contributed by atoms with Crippen LogP contribution in [0.3, 0.4) is 0 Å². The third-order valence-electron chi connectivity index (χ3n) is 9.61. The normalized spacial score (nSPS) is 18.9. The molecule has 9 nitrogen and oxygen atoms in total. The Kier molecular flexibility index (Phi) is 7.94. The van der Waals surface area contributed by atoms with Crippen molar-refractivity contribution in [3.05, 3.63) is 118 Å². The van der Waals surface area contributed by atoms with Gasteiger partial charge in [-0.15, -0.1) is 0 Å². The van der Waals surface area contributed by atoms with Crippen LogP contribution < -0.4 is 4.73 Å². The van der Waals surface area contributed by atoms with E-state index < -0.39 is 5.41 Å². The van der Waals surface area contributed by atoms with Crippen LogP contribution in [0.25, 0.3) is 22.0 Å². The van der Waals surface area contributed by atoms with Gasteiger partial charge in [-0.2, -0.15) is 9.83 Å². The van der Waals surface area contributed by atoms with Crippen LogP contribution in [-0.4, -0.2) is 49.9 Å². The highest BCUT2D eigenvalue weighted by Crippen LogP contribution is 2.40.